The third kappa shape index (κ3) is 3.80. The van der Waals surface area contributed by atoms with E-state index in [1.54, 1.807) is 0 Å². The van der Waals surface area contributed by atoms with E-state index in [4.69, 9.17) is 9.63 Å². The first kappa shape index (κ1) is 17.0. The number of nitrogens with one attached hydrogen (secondary N) is 1. The van der Waals surface area contributed by atoms with Gasteiger partial charge in [-0.15, -0.1) is 11.3 Å². The number of piperidine rings is 1. The van der Waals surface area contributed by atoms with Crippen molar-refractivity contribution >= 4 is 27.5 Å². The molecule has 1 saturated heterocycles. The predicted molar refractivity (Wildman–Crippen MR) is 85.3 cm³/mol. The van der Waals surface area contributed by atoms with E-state index in [1.165, 1.54) is 11.3 Å². The summed E-state index contributed by atoms with van der Waals surface area (Å²) in [5.74, 6) is -1.10. The van der Waals surface area contributed by atoms with Crippen molar-refractivity contribution in [1.29, 1.82) is 0 Å². The average molecular weight is 372 g/mol. The third-order valence-electron chi connectivity index (χ3n) is 3.69. The molecule has 11 heteroatoms. The van der Waals surface area contributed by atoms with Crippen LogP contribution in [-0.2, 0) is 21.5 Å². The Labute approximate surface area is 142 Å². The predicted octanol–water partition coefficient (Wildman–Crippen LogP) is 0.929. The second-order valence-electron chi connectivity index (χ2n) is 5.35. The topological polar surface area (TPSA) is 126 Å². The summed E-state index contributed by atoms with van der Waals surface area (Å²) < 4.78 is 33.2. The molecule has 0 aliphatic carbocycles. The van der Waals surface area contributed by atoms with Gasteiger partial charge in [-0.05, 0) is 24.3 Å². The van der Waals surface area contributed by atoms with E-state index >= 15 is 0 Å². The molecule has 0 radical (unpaired) electrons. The number of hydrogen-bond acceptors (Lipinski definition) is 7. The van der Waals surface area contributed by atoms with Gasteiger partial charge >= 0.3 is 5.97 Å². The normalized spacial score (nSPS) is 19.4. The van der Waals surface area contributed by atoms with E-state index in [-0.39, 0.29) is 18.9 Å². The zero-order chi connectivity index (χ0) is 17.2. The van der Waals surface area contributed by atoms with E-state index in [0.29, 0.717) is 25.3 Å². The molecule has 2 N–H and O–H groups in total. The van der Waals surface area contributed by atoms with Crippen molar-refractivity contribution in [2.45, 2.75) is 19.4 Å². The minimum absolute atomic E-state index is 0.0304. The van der Waals surface area contributed by atoms with Gasteiger partial charge < -0.3 is 9.63 Å². The highest BCUT2D eigenvalue weighted by molar-refractivity contribution is 7.87. The lowest BCUT2D eigenvalue weighted by atomic mass is 10.0. The SMILES string of the molecule is O=C(O)[C@H]1CCCN(S(=O)(=O)NCc2noc(-c3cccs3)n2)C1. The van der Waals surface area contributed by atoms with Gasteiger partial charge in [0.15, 0.2) is 5.82 Å². The number of hydrogen-bond donors (Lipinski definition) is 2. The zero-order valence-corrected chi connectivity index (χ0v) is 14.2. The number of nitrogens with zero attached hydrogens (tertiary/aromatic N) is 3. The molecule has 1 atom stereocenters. The quantitative estimate of drug-likeness (QED) is 0.772. The first-order valence-electron chi connectivity index (χ1n) is 7.30. The molecular formula is C13H16N4O5S2. The van der Waals surface area contributed by atoms with Gasteiger partial charge in [-0.25, -0.2) is 0 Å². The summed E-state index contributed by atoms with van der Waals surface area (Å²) in [6.45, 7) is 0.147. The highest BCUT2D eigenvalue weighted by Crippen LogP contribution is 2.22. The molecule has 2 aromatic heterocycles. The van der Waals surface area contributed by atoms with Crippen LogP contribution in [0.2, 0.25) is 0 Å². The number of aromatic nitrogens is 2. The Balaban J connectivity index is 1.62. The molecule has 0 bridgehead atoms. The van der Waals surface area contributed by atoms with Crippen molar-refractivity contribution in [2.24, 2.45) is 5.92 Å². The Morgan fingerprint density at radius 2 is 2.38 bits per heavy atom. The Hall–Kier alpha value is -1.82. The molecule has 24 heavy (non-hydrogen) atoms. The Kier molecular flexibility index (Phi) is 4.94. The summed E-state index contributed by atoms with van der Waals surface area (Å²) in [4.78, 5) is 16.0. The van der Waals surface area contributed by atoms with Crippen molar-refractivity contribution in [3.63, 3.8) is 0 Å². The van der Waals surface area contributed by atoms with E-state index < -0.39 is 22.1 Å². The minimum Gasteiger partial charge on any atom is -0.481 e. The van der Waals surface area contributed by atoms with Crippen LogP contribution >= 0.6 is 11.3 Å². The third-order valence-corrected chi connectivity index (χ3v) is 6.06. The van der Waals surface area contributed by atoms with Crippen molar-refractivity contribution in [3.05, 3.63) is 23.3 Å². The highest BCUT2D eigenvalue weighted by atomic mass is 32.2. The van der Waals surface area contributed by atoms with Crippen LogP contribution < -0.4 is 4.72 Å². The van der Waals surface area contributed by atoms with Crippen LogP contribution in [0.4, 0.5) is 0 Å². The Morgan fingerprint density at radius 1 is 1.54 bits per heavy atom. The van der Waals surface area contributed by atoms with Crippen molar-refractivity contribution in [3.8, 4) is 10.8 Å². The first-order chi connectivity index (χ1) is 11.5. The standard InChI is InChI=1S/C13H16N4O5S2/c18-13(19)9-3-1-5-17(8-9)24(20,21)14-7-11-15-12(22-16-11)10-4-2-6-23-10/h2,4,6,9,14H,1,3,5,7-8H2,(H,18,19)/t9-/m0/s1. The van der Waals surface area contributed by atoms with Gasteiger partial charge in [0.05, 0.1) is 17.3 Å². The second-order valence-corrected chi connectivity index (χ2v) is 8.06. The molecular weight excluding hydrogens is 356 g/mol. The second kappa shape index (κ2) is 6.97. The summed E-state index contributed by atoms with van der Waals surface area (Å²) in [6, 6.07) is 3.67. The van der Waals surface area contributed by atoms with E-state index in [9.17, 15) is 13.2 Å². The molecule has 9 nitrogen and oxygen atoms in total. The molecule has 1 aliphatic heterocycles. The fraction of sp³-hybridized carbons (Fsp3) is 0.462. The van der Waals surface area contributed by atoms with Crippen molar-refractivity contribution < 1.29 is 22.8 Å². The van der Waals surface area contributed by atoms with Crippen LogP contribution in [0.3, 0.4) is 0 Å². The summed E-state index contributed by atoms with van der Waals surface area (Å²) in [5.41, 5.74) is 0. The molecule has 0 spiro atoms. The molecule has 2 aromatic rings. The molecule has 1 fully saturated rings. The molecule has 1 aliphatic rings. The van der Waals surface area contributed by atoms with Gasteiger partial charge in [-0.3, -0.25) is 4.79 Å². The maximum atomic E-state index is 12.3. The summed E-state index contributed by atoms with van der Waals surface area (Å²) >= 11 is 1.44. The van der Waals surface area contributed by atoms with Crippen LogP contribution in [0.15, 0.2) is 22.0 Å². The van der Waals surface area contributed by atoms with Gasteiger partial charge in [0, 0.05) is 13.1 Å². The van der Waals surface area contributed by atoms with Gasteiger partial charge in [-0.1, -0.05) is 11.2 Å². The van der Waals surface area contributed by atoms with Crippen molar-refractivity contribution in [2.75, 3.05) is 13.1 Å². The van der Waals surface area contributed by atoms with Gasteiger partial charge in [0.25, 0.3) is 16.1 Å². The lowest BCUT2D eigenvalue weighted by molar-refractivity contribution is -0.142. The summed E-state index contributed by atoms with van der Waals surface area (Å²) in [6.07, 6.45) is 0.999. The number of thiophene rings is 1. The monoisotopic (exact) mass is 372 g/mol. The lowest BCUT2D eigenvalue weighted by Crippen LogP contribution is -2.47. The maximum Gasteiger partial charge on any atom is 0.307 e. The molecule has 0 amide bonds. The lowest BCUT2D eigenvalue weighted by Gasteiger charge is -2.29. The maximum absolute atomic E-state index is 12.3. The van der Waals surface area contributed by atoms with E-state index in [0.717, 1.165) is 9.18 Å². The number of carboxylic acid groups (broad SMARTS) is 1. The molecule has 0 aromatic carbocycles. The van der Waals surface area contributed by atoms with E-state index in [1.807, 2.05) is 17.5 Å². The van der Waals surface area contributed by atoms with Crippen LogP contribution in [0.25, 0.3) is 10.8 Å². The molecule has 0 saturated carbocycles. The van der Waals surface area contributed by atoms with Crippen molar-refractivity contribution in [1.82, 2.24) is 19.2 Å². The van der Waals surface area contributed by atoms with Crippen LogP contribution in [0.1, 0.15) is 18.7 Å². The Morgan fingerprint density at radius 3 is 3.08 bits per heavy atom. The number of rotatable bonds is 6. The average Bonchev–Trinajstić information content (AvgIpc) is 3.24. The van der Waals surface area contributed by atoms with Gasteiger partial charge in [0.2, 0.25) is 0 Å². The first-order valence-corrected chi connectivity index (χ1v) is 9.61. The largest absolute Gasteiger partial charge is 0.481 e. The number of aliphatic carboxylic acids is 1. The van der Waals surface area contributed by atoms with E-state index in [2.05, 4.69) is 14.9 Å². The van der Waals surface area contributed by atoms with Crippen LogP contribution in [0, 0.1) is 5.92 Å². The Bertz CT molecular complexity index is 802. The smallest absolute Gasteiger partial charge is 0.307 e. The molecule has 3 heterocycles. The zero-order valence-electron chi connectivity index (χ0n) is 12.6. The van der Waals surface area contributed by atoms with Crippen LogP contribution in [-0.4, -0.2) is 47.0 Å². The molecule has 3 rings (SSSR count). The van der Waals surface area contributed by atoms with Crippen LogP contribution in [0.5, 0.6) is 0 Å². The summed E-state index contributed by atoms with van der Waals surface area (Å²) in [7, 11) is -3.79. The highest BCUT2D eigenvalue weighted by Gasteiger charge is 2.32. The fourth-order valence-corrected chi connectivity index (χ4v) is 4.32. The van der Waals surface area contributed by atoms with Gasteiger partial charge in [-0.2, -0.15) is 22.4 Å². The minimum atomic E-state index is -3.79. The number of carboxylic acids is 1. The van der Waals surface area contributed by atoms with Gasteiger partial charge in [0.1, 0.15) is 0 Å². The fourth-order valence-electron chi connectivity index (χ4n) is 2.44. The molecule has 130 valence electrons. The molecule has 0 unspecified atom stereocenters. The summed E-state index contributed by atoms with van der Waals surface area (Å²) in [5, 5.41) is 14.7. The number of carbonyl (C=O) groups is 1.